The summed E-state index contributed by atoms with van der Waals surface area (Å²) in [5.74, 6) is 1.40. The van der Waals surface area contributed by atoms with Gasteiger partial charge in [0.25, 0.3) is 0 Å². The molecule has 1 aliphatic carbocycles. The van der Waals surface area contributed by atoms with Crippen LogP contribution in [0.15, 0.2) is 12.7 Å². The van der Waals surface area contributed by atoms with Gasteiger partial charge in [0, 0.05) is 5.92 Å². The van der Waals surface area contributed by atoms with E-state index in [1.165, 1.54) is 25.7 Å². The Morgan fingerprint density at radius 3 is 2.32 bits per heavy atom. The molecule has 0 amide bonds. The minimum Gasteiger partial charge on any atom is -0.321 e. The molecule has 2 atom stereocenters. The molecule has 1 rings (SSSR count). The van der Waals surface area contributed by atoms with Crippen molar-refractivity contribution in [2.75, 3.05) is 0 Å². The third-order valence-corrected chi connectivity index (χ3v) is 5.40. The number of nitrogens with two attached hydrogens (primary N) is 1. The Morgan fingerprint density at radius 2 is 1.89 bits per heavy atom. The van der Waals surface area contributed by atoms with E-state index in [9.17, 15) is 4.79 Å². The van der Waals surface area contributed by atoms with Gasteiger partial charge in [0.2, 0.25) is 0 Å². The maximum atomic E-state index is 12.0. The zero-order chi connectivity index (χ0) is 14.6. The lowest BCUT2D eigenvalue weighted by molar-refractivity contribution is -0.122. The molecule has 0 aliphatic heterocycles. The van der Waals surface area contributed by atoms with Crippen LogP contribution in [-0.2, 0) is 4.79 Å². The third-order valence-electron chi connectivity index (χ3n) is 5.40. The number of allylic oxidation sites excluding steroid dienone is 1. The van der Waals surface area contributed by atoms with Crippen LogP contribution >= 0.6 is 0 Å². The minimum absolute atomic E-state index is 0.112. The third kappa shape index (κ3) is 4.17. The zero-order valence-corrected chi connectivity index (χ0v) is 13.1. The Bertz CT molecular complexity index is 313. The van der Waals surface area contributed by atoms with Gasteiger partial charge in [0.05, 0.1) is 6.04 Å². The predicted molar refractivity (Wildman–Crippen MR) is 81.9 cm³/mol. The van der Waals surface area contributed by atoms with Crippen molar-refractivity contribution in [3.63, 3.8) is 0 Å². The molecule has 1 aliphatic rings. The van der Waals surface area contributed by atoms with Crippen molar-refractivity contribution < 1.29 is 4.79 Å². The summed E-state index contributed by atoms with van der Waals surface area (Å²) in [7, 11) is 0. The molecule has 110 valence electrons. The van der Waals surface area contributed by atoms with E-state index in [-0.39, 0.29) is 17.7 Å². The van der Waals surface area contributed by atoms with E-state index in [0.29, 0.717) is 11.3 Å². The van der Waals surface area contributed by atoms with Crippen LogP contribution in [0.1, 0.15) is 59.8 Å². The molecule has 2 nitrogen and oxygen atoms in total. The molecule has 0 heterocycles. The summed E-state index contributed by atoms with van der Waals surface area (Å²) in [5.41, 5.74) is 6.54. The first-order valence-electron chi connectivity index (χ1n) is 7.72. The molecule has 0 aromatic carbocycles. The molecule has 0 aromatic rings. The molecule has 0 aromatic heterocycles. The first-order valence-corrected chi connectivity index (χ1v) is 7.72. The average molecular weight is 265 g/mol. The summed E-state index contributed by atoms with van der Waals surface area (Å²) in [6.07, 6.45) is 7.53. The molecule has 1 fully saturated rings. The van der Waals surface area contributed by atoms with Crippen LogP contribution in [0, 0.1) is 23.2 Å². The fourth-order valence-corrected chi connectivity index (χ4v) is 3.08. The Labute approximate surface area is 118 Å². The quantitative estimate of drug-likeness (QED) is 0.739. The smallest absolute Gasteiger partial charge is 0.156 e. The first kappa shape index (κ1) is 16.4. The van der Waals surface area contributed by atoms with Crippen molar-refractivity contribution in [2.45, 2.75) is 65.8 Å². The molecule has 2 N–H and O–H groups in total. The maximum Gasteiger partial charge on any atom is 0.156 e. The van der Waals surface area contributed by atoms with E-state index >= 15 is 0 Å². The molecule has 0 radical (unpaired) electrons. The number of hydrogen-bond acceptors (Lipinski definition) is 2. The van der Waals surface area contributed by atoms with Crippen LogP contribution in [0.3, 0.4) is 0 Å². The first-order chi connectivity index (χ1) is 8.80. The van der Waals surface area contributed by atoms with Gasteiger partial charge in [0.1, 0.15) is 0 Å². The van der Waals surface area contributed by atoms with Crippen LogP contribution < -0.4 is 5.73 Å². The SMILES string of the molecule is C=CC(C)C(=O)C(N)CC1CCC(C)(C(C)C)CC1. The number of rotatable bonds is 6. The van der Waals surface area contributed by atoms with Crippen LogP contribution in [0.25, 0.3) is 0 Å². The second-order valence-electron chi connectivity index (χ2n) is 7.02. The fourth-order valence-electron chi connectivity index (χ4n) is 3.08. The summed E-state index contributed by atoms with van der Waals surface area (Å²) in [5, 5.41) is 0. The number of Topliss-reactive ketones (excluding diaryl/α,β-unsaturated/α-hetero) is 1. The van der Waals surface area contributed by atoms with Crippen molar-refractivity contribution in [3.8, 4) is 0 Å². The monoisotopic (exact) mass is 265 g/mol. The highest BCUT2D eigenvalue weighted by atomic mass is 16.1. The van der Waals surface area contributed by atoms with Crippen molar-refractivity contribution in [3.05, 3.63) is 12.7 Å². The Balaban J connectivity index is 2.45. The number of hydrogen-bond donors (Lipinski definition) is 1. The summed E-state index contributed by atoms with van der Waals surface area (Å²) < 4.78 is 0. The van der Waals surface area contributed by atoms with E-state index in [1.807, 2.05) is 6.92 Å². The molecule has 0 spiro atoms. The minimum atomic E-state index is -0.304. The van der Waals surface area contributed by atoms with Crippen molar-refractivity contribution in [2.24, 2.45) is 28.9 Å². The summed E-state index contributed by atoms with van der Waals surface area (Å²) in [4.78, 5) is 12.0. The number of ketones is 1. The number of carbonyl (C=O) groups excluding carboxylic acids is 1. The van der Waals surface area contributed by atoms with Gasteiger partial charge in [-0.1, -0.05) is 33.8 Å². The maximum absolute atomic E-state index is 12.0. The van der Waals surface area contributed by atoms with Crippen LogP contribution in [0.4, 0.5) is 0 Å². The van der Waals surface area contributed by atoms with Crippen LogP contribution in [0.5, 0.6) is 0 Å². The standard InChI is InChI=1S/C17H31NO/c1-6-13(4)16(19)15(18)11-14-7-9-17(5,10-8-14)12(2)3/h6,12-15H,1,7-11,18H2,2-5H3. The van der Waals surface area contributed by atoms with Crippen molar-refractivity contribution >= 4 is 5.78 Å². The van der Waals surface area contributed by atoms with E-state index < -0.39 is 0 Å². The van der Waals surface area contributed by atoms with Gasteiger partial charge in [-0.3, -0.25) is 4.79 Å². The van der Waals surface area contributed by atoms with E-state index in [4.69, 9.17) is 5.73 Å². The number of carbonyl (C=O) groups is 1. The molecule has 1 saturated carbocycles. The lowest BCUT2D eigenvalue weighted by Crippen LogP contribution is -2.38. The van der Waals surface area contributed by atoms with Crippen LogP contribution in [-0.4, -0.2) is 11.8 Å². The summed E-state index contributed by atoms with van der Waals surface area (Å²) >= 11 is 0. The van der Waals surface area contributed by atoms with Gasteiger partial charge >= 0.3 is 0 Å². The van der Waals surface area contributed by atoms with E-state index in [2.05, 4.69) is 27.4 Å². The van der Waals surface area contributed by atoms with Gasteiger partial charge in [-0.15, -0.1) is 6.58 Å². The van der Waals surface area contributed by atoms with Gasteiger partial charge in [-0.25, -0.2) is 0 Å². The Kier molecular flexibility index (Phi) is 5.79. The predicted octanol–water partition coefficient (Wildman–Crippen LogP) is 3.95. The van der Waals surface area contributed by atoms with Gasteiger partial charge in [0.15, 0.2) is 5.78 Å². The molecular formula is C17H31NO. The van der Waals surface area contributed by atoms with Crippen LogP contribution in [0.2, 0.25) is 0 Å². The molecule has 19 heavy (non-hydrogen) atoms. The largest absolute Gasteiger partial charge is 0.321 e. The topological polar surface area (TPSA) is 43.1 Å². The Morgan fingerprint density at radius 1 is 1.37 bits per heavy atom. The van der Waals surface area contributed by atoms with Gasteiger partial charge < -0.3 is 5.73 Å². The lowest BCUT2D eigenvalue weighted by Gasteiger charge is -2.41. The summed E-state index contributed by atoms with van der Waals surface area (Å²) in [6, 6.07) is -0.304. The second-order valence-corrected chi connectivity index (χ2v) is 7.02. The van der Waals surface area contributed by atoms with Gasteiger partial charge in [-0.2, -0.15) is 0 Å². The van der Waals surface area contributed by atoms with Crippen molar-refractivity contribution in [1.82, 2.24) is 0 Å². The van der Waals surface area contributed by atoms with E-state index in [1.54, 1.807) is 6.08 Å². The average Bonchev–Trinajstić information content (AvgIpc) is 2.39. The normalized spacial score (nSPS) is 30.9. The van der Waals surface area contributed by atoms with Gasteiger partial charge in [-0.05, 0) is 49.4 Å². The molecule has 2 unspecified atom stereocenters. The molecular weight excluding hydrogens is 234 g/mol. The highest BCUT2D eigenvalue weighted by molar-refractivity contribution is 5.87. The fraction of sp³-hybridized carbons (Fsp3) is 0.824. The highest BCUT2D eigenvalue weighted by Crippen LogP contribution is 2.44. The highest BCUT2D eigenvalue weighted by Gasteiger charge is 2.34. The lowest BCUT2D eigenvalue weighted by atomic mass is 9.65. The van der Waals surface area contributed by atoms with E-state index in [0.717, 1.165) is 12.3 Å². The Hall–Kier alpha value is -0.630. The summed E-state index contributed by atoms with van der Waals surface area (Å²) in [6.45, 7) is 12.6. The second kappa shape index (κ2) is 6.69. The molecule has 0 bridgehead atoms. The molecule has 0 saturated heterocycles. The van der Waals surface area contributed by atoms with Crippen molar-refractivity contribution in [1.29, 1.82) is 0 Å². The molecule has 2 heteroatoms. The zero-order valence-electron chi connectivity index (χ0n) is 13.1.